The molecule has 2 heterocycles. The number of anilines is 1. The molecule has 0 bridgehead atoms. The van der Waals surface area contributed by atoms with Gasteiger partial charge in [0.25, 0.3) is 5.91 Å². The second-order valence-electron chi connectivity index (χ2n) is 11.1. The van der Waals surface area contributed by atoms with E-state index in [9.17, 15) is 4.79 Å². The summed E-state index contributed by atoms with van der Waals surface area (Å²) in [7, 11) is 4.19. The van der Waals surface area contributed by atoms with Crippen molar-refractivity contribution in [3.63, 3.8) is 0 Å². The molecule has 7 nitrogen and oxygen atoms in total. The standard InChI is InChI=1S/C31H42N6O/c1-35(2)18-8-17-32-30-27-11-6-7-12-28(27)33-29(34-30)23-36-19-21-37(22-20-36)31(38)26-15-13-25(14-16-26)24-9-4-3-5-10-24/h6-7,11-16,24H,3-5,8-10,17-23H2,1-2H3,(H,32,33,34). The molecular weight excluding hydrogens is 472 g/mol. The van der Waals surface area contributed by atoms with E-state index >= 15 is 0 Å². The Bertz CT molecular complexity index is 1200. The third-order valence-electron chi connectivity index (χ3n) is 7.98. The van der Waals surface area contributed by atoms with Gasteiger partial charge in [-0.05, 0) is 75.6 Å². The number of hydrogen-bond donors (Lipinski definition) is 1. The van der Waals surface area contributed by atoms with Crippen molar-refractivity contribution in [2.24, 2.45) is 0 Å². The Morgan fingerprint density at radius 3 is 2.42 bits per heavy atom. The number of para-hydroxylation sites is 1. The summed E-state index contributed by atoms with van der Waals surface area (Å²) >= 11 is 0. The van der Waals surface area contributed by atoms with Crippen LogP contribution in [0.2, 0.25) is 0 Å². The van der Waals surface area contributed by atoms with Gasteiger partial charge in [0.2, 0.25) is 0 Å². The Morgan fingerprint density at radius 2 is 1.68 bits per heavy atom. The van der Waals surface area contributed by atoms with Gasteiger partial charge in [-0.25, -0.2) is 9.97 Å². The predicted octanol–water partition coefficient (Wildman–Crippen LogP) is 5.00. The molecule has 1 aliphatic carbocycles. The third-order valence-corrected chi connectivity index (χ3v) is 7.98. The van der Waals surface area contributed by atoms with Gasteiger partial charge in [-0.15, -0.1) is 0 Å². The number of piperazine rings is 1. The minimum Gasteiger partial charge on any atom is -0.369 e. The summed E-state index contributed by atoms with van der Waals surface area (Å²) in [5, 5.41) is 4.60. The van der Waals surface area contributed by atoms with E-state index in [1.54, 1.807) is 0 Å². The van der Waals surface area contributed by atoms with E-state index in [0.717, 1.165) is 73.8 Å². The lowest BCUT2D eigenvalue weighted by Crippen LogP contribution is -2.48. The smallest absolute Gasteiger partial charge is 0.253 e. The molecule has 38 heavy (non-hydrogen) atoms. The molecule has 0 atom stereocenters. The first-order chi connectivity index (χ1) is 18.6. The van der Waals surface area contributed by atoms with Crippen LogP contribution in [0.1, 0.15) is 66.2 Å². The van der Waals surface area contributed by atoms with Crippen molar-refractivity contribution >= 4 is 22.6 Å². The second kappa shape index (κ2) is 12.7. The van der Waals surface area contributed by atoms with Crippen LogP contribution < -0.4 is 5.32 Å². The van der Waals surface area contributed by atoms with Gasteiger partial charge in [0.15, 0.2) is 0 Å². The highest BCUT2D eigenvalue weighted by atomic mass is 16.2. The number of nitrogens with zero attached hydrogens (tertiary/aromatic N) is 5. The number of carbonyl (C=O) groups is 1. The molecule has 2 fully saturated rings. The zero-order chi connectivity index (χ0) is 26.3. The lowest BCUT2D eigenvalue weighted by molar-refractivity contribution is 0.0625. The first-order valence-electron chi connectivity index (χ1n) is 14.3. The molecule has 0 spiro atoms. The molecule has 1 amide bonds. The molecule has 1 saturated heterocycles. The van der Waals surface area contributed by atoms with Crippen LogP contribution in [0, 0.1) is 0 Å². The van der Waals surface area contributed by atoms with Crippen LogP contribution in [0.15, 0.2) is 48.5 Å². The van der Waals surface area contributed by atoms with E-state index in [2.05, 4.69) is 53.5 Å². The fraction of sp³-hybridized carbons (Fsp3) is 0.516. The van der Waals surface area contributed by atoms with Gasteiger partial charge in [-0.3, -0.25) is 9.69 Å². The van der Waals surface area contributed by atoms with Crippen molar-refractivity contribution in [3.8, 4) is 0 Å². The normalized spacial score (nSPS) is 17.3. The van der Waals surface area contributed by atoms with Gasteiger partial charge in [0.05, 0.1) is 12.1 Å². The highest BCUT2D eigenvalue weighted by molar-refractivity contribution is 5.94. The number of carbonyl (C=O) groups excluding carboxylic acids is 1. The van der Waals surface area contributed by atoms with E-state index in [1.807, 2.05) is 29.2 Å². The average molecular weight is 515 g/mol. The van der Waals surface area contributed by atoms with Crippen LogP contribution in [0.25, 0.3) is 10.9 Å². The number of fused-ring (bicyclic) bond motifs is 1. The summed E-state index contributed by atoms with van der Waals surface area (Å²) in [6.45, 7) is 5.72. The van der Waals surface area contributed by atoms with E-state index in [1.165, 1.54) is 37.7 Å². The average Bonchev–Trinajstić information content (AvgIpc) is 2.96. The number of hydrogen-bond acceptors (Lipinski definition) is 6. The van der Waals surface area contributed by atoms with E-state index in [4.69, 9.17) is 9.97 Å². The van der Waals surface area contributed by atoms with Gasteiger partial charge in [0.1, 0.15) is 11.6 Å². The number of nitrogens with one attached hydrogen (secondary N) is 1. The van der Waals surface area contributed by atoms with Crippen molar-refractivity contribution in [1.29, 1.82) is 0 Å². The molecule has 7 heteroatoms. The SMILES string of the molecule is CN(C)CCCNc1nc(CN2CCN(C(=O)c3ccc(C4CCCCC4)cc3)CC2)nc2ccccc12. The van der Waals surface area contributed by atoms with Crippen LogP contribution in [-0.2, 0) is 6.54 Å². The van der Waals surface area contributed by atoms with Crippen LogP contribution in [0.3, 0.4) is 0 Å². The molecule has 0 unspecified atom stereocenters. The van der Waals surface area contributed by atoms with Gasteiger partial charge in [0, 0.05) is 43.7 Å². The van der Waals surface area contributed by atoms with Crippen molar-refractivity contribution in [2.45, 2.75) is 51.0 Å². The highest BCUT2D eigenvalue weighted by Gasteiger charge is 2.24. The zero-order valence-electron chi connectivity index (χ0n) is 23.0. The van der Waals surface area contributed by atoms with Crippen molar-refractivity contribution in [1.82, 2.24) is 24.7 Å². The van der Waals surface area contributed by atoms with Gasteiger partial charge in [-0.2, -0.15) is 0 Å². The molecule has 1 N–H and O–H groups in total. The zero-order valence-corrected chi connectivity index (χ0v) is 23.0. The fourth-order valence-electron chi connectivity index (χ4n) is 5.76. The fourth-order valence-corrected chi connectivity index (χ4v) is 5.76. The molecule has 2 aromatic carbocycles. The van der Waals surface area contributed by atoms with Gasteiger partial charge < -0.3 is 15.1 Å². The minimum atomic E-state index is 0.144. The largest absolute Gasteiger partial charge is 0.369 e. The Kier molecular flexibility index (Phi) is 8.86. The van der Waals surface area contributed by atoms with Crippen LogP contribution in [0.5, 0.6) is 0 Å². The van der Waals surface area contributed by atoms with Crippen LogP contribution >= 0.6 is 0 Å². The summed E-state index contributed by atoms with van der Waals surface area (Å²) in [6, 6.07) is 16.6. The summed E-state index contributed by atoms with van der Waals surface area (Å²) in [5.41, 5.74) is 3.17. The van der Waals surface area contributed by atoms with Crippen LogP contribution in [-0.4, -0.2) is 83.9 Å². The maximum atomic E-state index is 13.2. The third kappa shape index (κ3) is 6.69. The summed E-state index contributed by atoms with van der Waals surface area (Å²) in [4.78, 5) is 29.5. The molecule has 3 aromatic rings. The maximum Gasteiger partial charge on any atom is 0.253 e. The van der Waals surface area contributed by atoms with Gasteiger partial charge in [-0.1, -0.05) is 43.5 Å². The minimum absolute atomic E-state index is 0.144. The first-order valence-corrected chi connectivity index (χ1v) is 14.3. The lowest BCUT2D eigenvalue weighted by Gasteiger charge is -2.34. The lowest BCUT2D eigenvalue weighted by atomic mass is 9.84. The summed E-state index contributed by atoms with van der Waals surface area (Å²) < 4.78 is 0. The molecule has 1 aromatic heterocycles. The Hall–Kier alpha value is -3.03. The van der Waals surface area contributed by atoms with Crippen molar-refractivity contribution in [2.75, 3.05) is 58.7 Å². The topological polar surface area (TPSA) is 64.6 Å². The molecule has 1 saturated carbocycles. The van der Waals surface area contributed by atoms with Crippen LogP contribution in [0.4, 0.5) is 5.82 Å². The summed E-state index contributed by atoms with van der Waals surface area (Å²) in [6.07, 6.45) is 7.64. The Labute approximate surface area is 227 Å². The molecular formula is C31H42N6O. The van der Waals surface area contributed by atoms with Crippen molar-refractivity contribution in [3.05, 3.63) is 65.5 Å². The van der Waals surface area contributed by atoms with Crippen molar-refractivity contribution < 1.29 is 4.79 Å². The Morgan fingerprint density at radius 1 is 0.947 bits per heavy atom. The second-order valence-corrected chi connectivity index (χ2v) is 11.1. The first kappa shape index (κ1) is 26.6. The maximum absolute atomic E-state index is 13.2. The highest BCUT2D eigenvalue weighted by Crippen LogP contribution is 2.32. The molecule has 202 valence electrons. The van der Waals surface area contributed by atoms with E-state index < -0.39 is 0 Å². The molecule has 5 rings (SSSR count). The molecule has 1 aliphatic heterocycles. The number of benzene rings is 2. The number of rotatable bonds is 9. The quantitative estimate of drug-likeness (QED) is 0.406. The summed E-state index contributed by atoms with van der Waals surface area (Å²) in [5.74, 6) is 2.56. The Balaban J connectivity index is 1.17. The van der Waals surface area contributed by atoms with E-state index in [-0.39, 0.29) is 5.91 Å². The monoisotopic (exact) mass is 514 g/mol. The predicted molar refractivity (Wildman–Crippen MR) is 155 cm³/mol. The number of amides is 1. The van der Waals surface area contributed by atoms with E-state index in [0.29, 0.717) is 12.5 Å². The molecule has 0 radical (unpaired) electrons. The number of aromatic nitrogens is 2. The molecule has 2 aliphatic rings. The van der Waals surface area contributed by atoms with Gasteiger partial charge >= 0.3 is 0 Å².